The maximum Gasteiger partial charge on any atom is 0.414 e. The molecule has 0 spiro atoms. The van der Waals surface area contributed by atoms with E-state index >= 15 is 0 Å². The van der Waals surface area contributed by atoms with Gasteiger partial charge in [0.25, 0.3) is 0 Å². The number of benzene rings is 2. The van der Waals surface area contributed by atoms with Crippen LogP contribution in [0.25, 0.3) is 33.4 Å². The Morgan fingerprint density at radius 3 is 2.61 bits per heavy atom. The molecule has 4 aromatic rings. The summed E-state index contributed by atoms with van der Waals surface area (Å²) in [5, 5.41) is 0.972. The van der Waals surface area contributed by atoms with Gasteiger partial charge in [-0.2, -0.15) is 0 Å². The van der Waals surface area contributed by atoms with Crippen LogP contribution < -0.4 is 4.90 Å². The topological polar surface area (TPSA) is 58.2 Å². The highest BCUT2D eigenvalue weighted by Gasteiger charge is 2.30. The molecule has 5 nitrogen and oxygen atoms in total. The number of halogens is 1. The number of hydrogen-bond donors (Lipinski definition) is 1. The molecule has 0 bridgehead atoms. The first-order valence-corrected chi connectivity index (χ1v) is 9.78. The first-order valence-electron chi connectivity index (χ1n) is 8.99. The molecular weight excluding hydrogens is 418 g/mol. The minimum absolute atomic E-state index is 0.317. The number of aromatic amines is 1. The number of amides is 1. The van der Waals surface area contributed by atoms with E-state index in [1.807, 2.05) is 60.7 Å². The van der Waals surface area contributed by atoms with Gasteiger partial charge in [0.05, 0.1) is 29.1 Å². The molecule has 0 unspecified atom stereocenters. The second-order valence-corrected chi connectivity index (χ2v) is 7.48. The summed E-state index contributed by atoms with van der Waals surface area (Å²) in [7, 11) is 0. The molecule has 1 saturated heterocycles. The van der Waals surface area contributed by atoms with E-state index in [4.69, 9.17) is 4.74 Å². The number of hydrogen-bond acceptors (Lipinski definition) is 3. The highest BCUT2D eigenvalue weighted by Crippen LogP contribution is 2.42. The zero-order valence-electron chi connectivity index (χ0n) is 14.9. The molecule has 0 atom stereocenters. The zero-order valence-corrected chi connectivity index (χ0v) is 16.4. The van der Waals surface area contributed by atoms with Crippen LogP contribution in [-0.2, 0) is 4.74 Å². The summed E-state index contributed by atoms with van der Waals surface area (Å²) in [6, 6.07) is 20.0. The quantitative estimate of drug-likeness (QED) is 0.456. The molecule has 1 fully saturated rings. The van der Waals surface area contributed by atoms with Crippen molar-refractivity contribution in [1.29, 1.82) is 0 Å². The normalized spacial score (nSPS) is 13.9. The number of aromatic nitrogens is 2. The second kappa shape index (κ2) is 6.80. The van der Waals surface area contributed by atoms with Crippen molar-refractivity contribution in [2.24, 2.45) is 0 Å². The first kappa shape index (κ1) is 17.0. The number of cyclic esters (lactones) is 1. The van der Waals surface area contributed by atoms with Crippen LogP contribution in [0.15, 0.2) is 71.3 Å². The van der Waals surface area contributed by atoms with Gasteiger partial charge in [0.15, 0.2) is 0 Å². The van der Waals surface area contributed by atoms with Crippen LogP contribution in [0.1, 0.15) is 0 Å². The van der Waals surface area contributed by atoms with Crippen LogP contribution in [0, 0.1) is 0 Å². The van der Waals surface area contributed by atoms with Gasteiger partial charge >= 0.3 is 6.09 Å². The Kier molecular flexibility index (Phi) is 4.13. The van der Waals surface area contributed by atoms with Gasteiger partial charge in [-0.25, -0.2) is 4.79 Å². The number of nitrogens with zero attached hydrogens (tertiary/aromatic N) is 2. The van der Waals surface area contributed by atoms with Crippen molar-refractivity contribution in [3.63, 3.8) is 0 Å². The number of fused-ring (bicyclic) bond motifs is 1. The van der Waals surface area contributed by atoms with E-state index in [0.29, 0.717) is 13.2 Å². The third kappa shape index (κ3) is 2.77. The molecule has 6 heteroatoms. The number of nitrogens with one attached hydrogen (secondary N) is 1. The number of rotatable bonds is 3. The summed E-state index contributed by atoms with van der Waals surface area (Å²) in [6.45, 7) is 0.925. The van der Waals surface area contributed by atoms with Gasteiger partial charge in [-0.15, -0.1) is 0 Å². The van der Waals surface area contributed by atoms with Crippen molar-refractivity contribution >= 4 is 38.6 Å². The predicted molar refractivity (Wildman–Crippen MR) is 113 cm³/mol. The third-order valence-electron chi connectivity index (χ3n) is 4.91. The van der Waals surface area contributed by atoms with Crippen LogP contribution in [0.3, 0.4) is 0 Å². The van der Waals surface area contributed by atoms with Gasteiger partial charge in [0, 0.05) is 27.2 Å². The lowest BCUT2D eigenvalue weighted by molar-refractivity contribution is 0.181. The minimum atomic E-state index is -0.317. The van der Waals surface area contributed by atoms with Gasteiger partial charge in [0.2, 0.25) is 0 Å². The molecule has 0 radical (unpaired) electrons. The Balaban J connectivity index is 1.80. The summed E-state index contributed by atoms with van der Waals surface area (Å²) < 4.78 is 6.22. The number of ether oxygens (including phenoxy) is 1. The average molecular weight is 434 g/mol. The Morgan fingerprint density at radius 1 is 1.04 bits per heavy atom. The first-order chi connectivity index (χ1) is 13.7. The molecule has 1 aliphatic heterocycles. The highest BCUT2D eigenvalue weighted by atomic mass is 79.9. The molecule has 138 valence electrons. The predicted octanol–water partition coefficient (Wildman–Crippen LogP) is 5.62. The Bertz CT molecular complexity index is 1170. The summed E-state index contributed by atoms with van der Waals surface area (Å²) in [6.07, 6.45) is 1.47. The van der Waals surface area contributed by atoms with E-state index in [2.05, 4.69) is 25.9 Å². The monoisotopic (exact) mass is 433 g/mol. The number of carbonyl (C=O) groups excluding carboxylic acids is 1. The molecule has 2 aromatic carbocycles. The Morgan fingerprint density at radius 2 is 1.89 bits per heavy atom. The smallest absolute Gasteiger partial charge is 0.414 e. The lowest BCUT2D eigenvalue weighted by Crippen LogP contribution is -2.23. The molecule has 2 aromatic heterocycles. The number of carbonyl (C=O) groups is 1. The molecule has 1 N–H and O–H groups in total. The van der Waals surface area contributed by atoms with Crippen molar-refractivity contribution < 1.29 is 9.53 Å². The van der Waals surface area contributed by atoms with Crippen LogP contribution in [0.2, 0.25) is 0 Å². The molecule has 0 saturated carbocycles. The summed E-state index contributed by atoms with van der Waals surface area (Å²) >= 11 is 3.49. The number of H-pyrrole nitrogens is 1. The Hall–Kier alpha value is -3.12. The summed E-state index contributed by atoms with van der Waals surface area (Å²) in [4.78, 5) is 22.1. The maximum absolute atomic E-state index is 12.4. The highest BCUT2D eigenvalue weighted by molar-refractivity contribution is 9.10. The van der Waals surface area contributed by atoms with Gasteiger partial charge in [-0.3, -0.25) is 9.88 Å². The van der Waals surface area contributed by atoms with Crippen molar-refractivity contribution in [3.05, 3.63) is 71.3 Å². The standard InChI is InChI=1S/C22H16BrN3O2/c23-15-9-7-14(8-10-15)19-21(26-12-13-28-22(26)27)17-5-3-4-16(20(17)25-19)18-6-1-2-11-24-18/h1-11,25H,12-13H2. The lowest BCUT2D eigenvalue weighted by atomic mass is 10.1. The maximum atomic E-state index is 12.4. The van der Waals surface area contributed by atoms with Crippen LogP contribution in [0.4, 0.5) is 10.5 Å². The van der Waals surface area contributed by atoms with E-state index < -0.39 is 0 Å². The van der Waals surface area contributed by atoms with Crippen molar-refractivity contribution in [2.45, 2.75) is 0 Å². The Labute approximate surface area is 170 Å². The largest absolute Gasteiger partial charge is 0.447 e. The number of anilines is 1. The SMILES string of the molecule is O=C1OCCN1c1c(-c2ccc(Br)cc2)[nH]c2c(-c3ccccn3)cccc12. The van der Waals surface area contributed by atoms with E-state index in [1.54, 1.807) is 11.1 Å². The van der Waals surface area contributed by atoms with Crippen molar-refractivity contribution in [2.75, 3.05) is 18.1 Å². The van der Waals surface area contributed by atoms with Crippen LogP contribution >= 0.6 is 15.9 Å². The third-order valence-corrected chi connectivity index (χ3v) is 5.44. The van der Waals surface area contributed by atoms with Crippen LogP contribution in [0.5, 0.6) is 0 Å². The van der Waals surface area contributed by atoms with E-state index in [9.17, 15) is 4.79 Å². The summed E-state index contributed by atoms with van der Waals surface area (Å²) in [5.41, 5.74) is 5.57. The molecule has 1 aliphatic rings. The van der Waals surface area contributed by atoms with Gasteiger partial charge in [-0.1, -0.05) is 52.3 Å². The fourth-order valence-corrected chi connectivity index (χ4v) is 3.91. The van der Waals surface area contributed by atoms with E-state index in [1.165, 1.54) is 0 Å². The summed E-state index contributed by atoms with van der Waals surface area (Å²) in [5.74, 6) is 0. The van der Waals surface area contributed by atoms with E-state index in [0.717, 1.165) is 43.6 Å². The fraction of sp³-hybridized carbons (Fsp3) is 0.0909. The number of pyridine rings is 1. The van der Waals surface area contributed by atoms with Gasteiger partial charge in [-0.05, 0) is 24.3 Å². The number of para-hydroxylation sites is 1. The van der Waals surface area contributed by atoms with Crippen molar-refractivity contribution in [3.8, 4) is 22.5 Å². The molecule has 1 amide bonds. The molecular formula is C22H16BrN3O2. The zero-order chi connectivity index (χ0) is 19.1. The molecule has 5 rings (SSSR count). The molecule has 0 aliphatic carbocycles. The van der Waals surface area contributed by atoms with E-state index in [-0.39, 0.29) is 6.09 Å². The average Bonchev–Trinajstić information content (AvgIpc) is 3.32. The lowest BCUT2D eigenvalue weighted by Gasteiger charge is -2.14. The van der Waals surface area contributed by atoms with Gasteiger partial charge < -0.3 is 9.72 Å². The van der Waals surface area contributed by atoms with Gasteiger partial charge in [0.1, 0.15) is 6.61 Å². The van der Waals surface area contributed by atoms with Crippen LogP contribution in [-0.4, -0.2) is 29.2 Å². The second-order valence-electron chi connectivity index (χ2n) is 6.56. The minimum Gasteiger partial charge on any atom is -0.447 e. The molecule has 3 heterocycles. The van der Waals surface area contributed by atoms with Crippen molar-refractivity contribution in [1.82, 2.24) is 9.97 Å². The fourth-order valence-electron chi connectivity index (χ4n) is 3.64. The molecule has 28 heavy (non-hydrogen) atoms.